The van der Waals surface area contributed by atoms with Crippen LogP contribution in [0.2, 0.25) is 0 Å². The third-order valence-electron chi connectivity index (χ3n) is 3.61. The van der Waals surface area contributed by atoms with Gasteiger partial charge in [-0.3, -0.25) is 5.10 Å². The molecule has 0 spiro atoms. The average molecular weight is 301 g/mol. The highest BCUT2D eigenvalue weighted by Gasteiger charge is 2.09. The van der Waals surface area contributed by atoms with Gasteiger partial charge in [0.05, 0.1) is 12.3 Å². The van der Waals surface area contributed by atoms with Crippen LogP contribution in [0.4, 0.5) is 0 Å². The molecule has 120 valence electrons. The molecule has 4 heteroatoms. The van der Waals surface area contributed by atoms with E-state index in [0.29, 0.717) is 0 Å². The van der Waals surface area contributed by atoms with E-state index in [0.717, 1.165) is 48.8 Å². The first-order valence-corrected chi connectivity index (χ1v) is 8.32. The van der Waals surface area contributed by atoms with Crippen LogP contribution < -0.4 is 10.1 Å². The second-order valence-corrected chi connectivity index (χ2v) is 5.46. The van der Waals surface area contributed by atoms with Gasteiger partial charge in [0.2, 0.25) is 0 Å². The Morgan fingerprint density at radius 1 is 1.14 bits per heavy atom. The molecule has 22 heavy (non-hydrogen) atoms. The summed E-state index contributed by atoms with van der Waals surface area (Å²) in [5, 5.41) is 10.8. The maximum absolute atomic E-state index is 5.96. The predicted molar refractivity (Wildman–Crippen MR) is 91.0 cm³/mol. The highest BCUT2D eigenvalue weighted by molar-refractivity contribution is 5.67. The van der Waals surface area contributed by atoms with Crippen molar-refractivity contribution in [1.29, 1.82) is 0 Å². The lowest BCUT2D eigenvalue weighted by Gasteiger charge is -2.09. The van der Waals surface area contributed by atoms with Crippen LogP contribution in [0, 0.1) is 0 Å². The number of hydrogen-bond acceptors (Lipinski definition) is 3. The molecule has 0 radical (unpaired) electrons. The van der Waals surface area contributed by atoms with Crippen molar-refractivity contribution in [3.63, 3.8) is 0 Å². The van der Waals surface area contributed by atoms with Crippen molar-refractivity contribution in [2.45, 2.75) is 46.1 Å². The zero-order valence-electron chi connectivity index (χ0n) is 13.7. The molecule has 0 bridgehead atoms. The van der Waals surface area contributed by atoms with Gasteiger partial charge in [0.15, 0.2) is 0 Å². The fourth-order valence-electron chi connectivity index (χ4n) is 2.36. The number of H-pyrrole nitrogens is 1. The zero-order valence-corrected chi connectivity index (χ0v) is 13.7. The maximum atomic E-state index is 5.96. The van der Waals surface area contributed by atoms with Crippen LogP contribution in [-0.4, -0.2) is 23.3 Å². The van der Waals surface area contributed by atoms with Gasteiger partial charge in [-0.2, -0.15) is 5.10 Å². The van der Waals surface area contributed by atoms with Crippen molar-refractivity contribution >= 4 is 0 Å². The predicted octanol–water partition coefficient (Wildman–Crippen LogP) is 4.15. The Labute approximate surface area is 133 Å². The molecule has 1 heterocycles. The van der Waals surface area contributed by atoms with Crippen molar-refractivity contribution in [2.24, 2.45) is 0 Å². The number of nitrogens with one attached hydrogen (secondary N) is 2. The fraction of sp³-hybridized carbons (Fsp3) is 0.500. The number of ether oxygens (including phenoxy) is 1. The Morgan fingerprint density at radius 3 is 2.82 bits per heavy atom. The summed E-state index contributed by atoms with van der Waals surface area (Å²) in [6, 6.07) is 10.2. The first kappa shape index (κ1) is 16.6. The van der Waals surface area contributed by atoms with E-state index >= 15 is 0 Å². The molecule has 0 aliphatic carbocycles. The molecule has 1 aromatic carbocycles. The molecule has 1 aromatic heterocycles. The lowest BCUT2D eigenvalue weighted by Crippen LogP contribution is -2.11. The molecular weight excluding hydrogens is 274 g/mol. The van der Waals surface area contributed by atoms with E-state index in [9.17, 15) is 0 Å². The van der Waals surface area contributed by atoms with E-state index in [1.54, 1.807) is 0 Å². The summed E-state index contributed by atoms with van der Waals surface area (Å²) in [5.41, 5.74) is 3.09. The number of rotatable bonds is 10. The Morgan fingerprint density at radius 2 is 2.00 bits per heavy atom. The number of para-hydroxylation sites is 1. The first-order valence-electron chi connectivity index (χ1n) is 8.32. The minimum atomic E-state index is 0.770. The summed E-state index contributed by atoms with van der Waals surface area (Å²) in [6.45, 7) is 6.85. The van der Waals surface area contributed by atoms with Crippen LogP contribution >= 0.6 is 0 Å². The topological polar surface area (TPSA) is 49.9 Å². The summed E-state index contributed by atoms with van der Waals surface area (Å²) < 4.78 is 5.96. The largest absolute Gasteiger partial charge is 0.493 e. The van der Waals surface area contributed by atoms with Crippen molar-refractivity contribution in [3.05, 3.63) is 36.0 Å². The average Bonchev–Trinajstić information content (AvgIpc) is 3.02. The van der Waals surface area contributed by atoms with E-state index < -0.39 is 0 Å². The molecule has 0 aliphatic heterocycles. The number of hydrogen-bond donors (Lipinski definition) is 2. The zero-order chi connectivity index (χ0) is 15.6. The Hall–Kier alpha value is -1.81. The highest BCUT2D eigenvalue weighted by atomic mass is 16.5. The second kappa shape index (κ2) is 9.26. The minimum absolute atomic E-state index is 0.770. The normalized spacial score (nSPS) is 10.8. The molecule has 2 N–H and O–H groups in total. The van der Waals surface area contributed by atoms with Crippen molar-refractivity contribution in [3.8, 4) is 17.0 Å². The van der Waals surface area contributed by atoms with Gasteiger partial charge in [0, 0.05) is 17.8 Å². The maximum Gasteiger partial charge on any atom is 0.128 e. The fourth-order valence-corrected chi connectivity index (χ4v) is 2.36. The Kier molecular flexibility index (Phi) is 6.97. The lowest BCUT2D eigenvalue weighted by molar-refractivity contribution is 0.306. The summed E-state index contributed by atoms with van der Waals surface area (Å²) in [5.74, 6) is 0.917. The van der Waals surface area contributed by atoms with Gasteiger partial charge in [0.1, 0.15) is 5.75 Å². The molecule has 0 aliphatic rings. The van der Waals surface area contributed by atoms with E-state index in [2.05, 4.69) is 41.5 Å². The first-order chi connectivity index (χ1) is 10.8. The molecule has 0 saturated carbocycles. The highest BCUT2D eigenvalue weighted by Crippen LogP contribution is 2.28. The minimum Gasteiger partial charge on any atom is -0.493 e. The van der Waals surface area contributed by atoms with Gasteiger partial charge in [-0.1, -0.05) is 45.2 Å². The van der Waals surface area contributed by atoms with Gasteiger partial charge in [-0.25, -0.2) is 0 Å². The summed E-state index contributed by atoms with van der Waals surface area (Å²) in [4.78, 5) is 0. The van der Waals surface area contributed by atoms with Gasteiger partial charge in [-0.05, 0) is 31.2 Å². The molecule has 2 rings (SSSR count). The molecule has 0 fully saturated rings. The van der Waals surface area contributed by atoms with Crippen LogP contribution in [0.3, 0.4) is 0 Å². The molecule has 2 aromatic rings. The van der Waals surface area contributed by atoms with E-state index in [1.165, 1.54) is 19.3 Å². The molecular formula is C18H27N3O. The summed E-state index contributed by atoms with van der Waals surface area (Å²) in [6.07, 6.45) is 4.86. The van der Waals surface area contributed by atoms with Crippen LogP contribution in [0.25, 0.3) is 11.3 Å². The monoisotopic (exact) mass is 301 g/mol. The second-order valence-electron chi connectivity index (χ2n) is 5.46. The lowest BCUT2D eigenvalue weighted by atomic mass is 10.1. The van der Waals surface area contributed by atoms with Gasteiger partial charge < -0.3 is 10.1 Å². The van der Waals surface area contributed by atoms with Gasteiger partial charge in [0.25, 0.3) is 0 Å². The van der Waals surface area contributed by atoms with Gasteiger partial charge in [-0.15, -0.1) is 0 Å². The quantitative estimate of drug-likeness (QED) is 0.648. The molecule has 0 atom stereocenters. The molecule has 4 nitrogen and oxygen atoms in total. The van der Waals surface area contributed by atoms with E-state index in [-0.39, 0.29) is 0 Å². The number of nitrogens with zero attached hydrogens (tertiary/aromatic N) is 1. The van der Waals surface area contributed by atoms with Crippen molar-refractivity contribution < 1.29 is 4.74 Å². The number of benzene rings is 1. The number of unbranched alkanes of at least 4 members (excludes halogenated alkanes) is 3. The van der Waals surface area contributed by atoms with Crippen LogP contribution in [-0.2, 0) is 6.54 Å². The SMILES string of the molecule is CCCCCCOc1ccccc1-c1cc(CNCC)[nH]n1. The summed E-state index contributed by atoms with van der Waals surface area (Å²) in [7, 11) is 0. The van der Waals surface area contributed by atoms with E-state index in [1.807, 2.05) is 18.2 Å². The molecule has 0 unspecified atom stereocenters. The van der Waals surface area contributed by atoms with Crippen LogP contribution in [0.5, 0.6) is 5.75 Å². The third kappa shape index (κ3) is 4.88. The molecule has 0 saturated heterocycles. The Balaban J connectivity index is 1.99. The van der Waals surface area contributed by atoms with Gasteiger partial charge >= 0.3 is 0 Å². The number of aromatic amines is 1. The smallest absolute Gasteiger partial charge is 0.128 e. The van der Waals surface area contributed by atoms with E-state index in [4.69, 9.17) is 4.74 Å². The van der Waals surface area contributed by atoms with Crippen molar-refractivity contribution in [1.82, 2.24) is 15.5 Å². The standard InChI is InChI=1S/C18H27N3O/c1-3-5-6-9-12-22-18-11-8-7-10-16(18)17-13-15(20-21-17)14-19-4-2/h7-8,10-11,13,19H,3-6,9,12,14H2,1-2H3,(H,20,21). The van der Waals surface area contributed by atoms with Crippen molar-refractivity contribution in [2.75, 3.05) is 13.2 Å². The molecule has 0 amide bonds. The van der Waals surface area contributed by atoms with Crippen LogP contribution in [0.15, 0.2) is 30.3 Å². The third-order valence-corrected chi connectivity index (χ3v) is 3.61. The summed E-state index contributed by atoms with van der Waals surface area (Å²) >= 11 is 0. The number of aromatic nitrogens is 2. The Bertz CT molecular complexity index is 551. The van der Waals surface area contributed by atoms with Crippen LogP contribution in [0.1, 0.15) is 45.2 Å².